The second kappa shape index (κ2) is 7.27. The SMILES string of the molecule is Cc1cc(NCCC(CCC(=O)O)C(C)(C)C)ccn1. The number of hydrogen-bond acceptors (Lipinski definition) is 3. The molecule has 1 atom stereocenters. The van der Waals surface area contributed by atoms with Crippen LogP contribution in [-0.4, -0.2) is 22.6 Å². The number of aromatic nitrogens is 1. The van der Waals surface area contributed by atoms with E-state index in [1.54, 1.807) is 6.20 Å². The maximum absolute atomic E-state index is 10.7. The van der Waals surface area contributed by atoms with E-state index in [0.717, 1.165) is 30.8 Å². The van der Waals surface area contributed by atoms with Gasteiger partial charge in [-0.25, -0.2) is 0 Å². The Balaban J connectivity index is 2.48. The summed E-state index contributed by atoms with van der Waals surface area (Å²) in [4.78, 5) is 14.9. The van der Waals surface area contributed by atoms with Crippen LogP contribution in [0.2, 0.25) is 0 Å². The molecule has 0 radical (unpaired) electrons. The number of aliphatic carboxylic acids is 1. The largest absolute Gasteiger partial charge is 0.481 e. The van der Waals surface area contributed by atoms with Crippen molar-refractivity contribution in [3.8, 4) is 0 Å². The molecule has 4 nitrogen and oxygen atoms in total. The molecule has 0 aliphatic carbocycles. The maximum Gasteiger partial charge on any atom is 0.303 e. The van der Waals surface area contributed by atoms with Crippen LogP contribution in [0.3, 0.4) is 0 Å². The predicted octanol–water partition coefficient (Wildman–Crippen LogP) is 3.72. The summed E-state index contributed by atoms with van der Waals surface area (Å²) in [6, 6.07) is 3.97. The van der Waals surface area contributed by atoms with Gasteiger partial charge in [0, 0.05) is 30.5 Å². The lowest BCUT2D eigenvalue weighted by Crippen LogP contribution is -2.24. The van der Waals surface area contributed by atoms with Crippen molar-refractivity contribution in [2.75, 3.05) is 11.9 Å². The molecule has 4 heteroatoms. The number of anilines is 1. The molecule has 0 amide bonds. The van der Waals surface area contributed by atoms with Gasteiger partial charge in [-0.15, -0.1) is 0 Å². The van der Waals surface area contributed by atoms with Crippen LogP contribution >= 0.6 is 0 Å². The molecular formula is C16H26N2O2. The molecule has 1 heterocycles. The van der Waals surface area contributed by atoms with Crippen molar-refractivity contribution in [3.63, 3.8) is 0 Å². The summed E-state index contributed by atoms with van der Waals surface area (Å²) in [7, 11) is 0. The number of nitrogens with zero attached hydrogens (tertiary/aromatic N) is 1. The van der Waals surface area contributed by atoms with Gasteiger partial charge >= 0.3 is 5.97 Å². The first-order chi connectivity index (χ1) is 9.29. The fraction of sp³-hybridized carbons (Fsp3) is 0.625. The zero-order chi connectivity index (χ0) is 15.2. The monoisotopic (exact) mass is 278 g/mol. The third-order valence-electron chi connectivity index (χ3n) is 3.65. The molecule has 1 unspecified atom stereocenters. The van der Waals surface area contributed by atoms with Crippen LogP contribution < -0.4 is 5.32 Å². The molecule has 1 aromatic heterocycles. The van der Waals surface area contributed by atoms with Crippen LogP contribution in [0.1, 0.15) is 45.7 Å². The van der Waals surface area contributed by atoms with E-state index in [4.69, 9.17) is 5.11 Å². The Morgan fingerprint density at radius 3 is 2.65 bits per heavy atom. The van der Waals surface area contributed by atoms with E-state index >= 15 is 0 Å². The number of pyridine rings is 1. The molecular weight excluding hydrogens is 252 g/mol. The van der Waals surface area contributed by atoms with E-state index < -0.39 is 5.97 Å². The number of carboxylic acid groups (broad SMARTS) is 1. The Morgan fingerprint density at radius 1 is 1.40 bits per heavy atom. The zero-order valence-corrected chi connectivity index (χ0v) is 12.9. The molecule has 0 aromatic carbocycles. The second-order valence-corrected chi connectivity index (χ2v) is 6.40. The first-order valence-corrected chi connectivity index (χ1v) is 7.17. The van der Waals surface area contributed by atoms with Crippen molar-refractivity contribution in [3.05, 3.63) is 24.0 Å². The lowest BCUT2D eigenvalue weighted by Gasteiger charge is -2.30. The Morgan fingerprint density at radius 2 is 2.10 bits per heavy atom. The van der Waals surface area contributed by atoms with Crippen LogP contribution in [0.5, 0.6) is 0 Å². The molecule has 20 heavy (non-hydrogen) atoms. The number of hydrogen-bond donors (Lipinski definition) is 2. The quantitative estimate of drug-likeness (QED) is 0.798. The van der Waals surface area contributed by atoms with Crippen LogP contribution in [-0.2, 0) is 4.79 Å². The molecule has 0 aliphatic heterocycles. The summed E-state index contributed by atoms with van der Waals surface area (Å²) in [6.07, 6.45) is 3.74. The van der Waals surface area contributed by atoms with Crippen LogP contribution in [0.4, 0.5) is 5.69 Å². The Labute approximate surface area is 121 Å². The van der Waals surface area contributed by atoms with Crippen molar-refractivity contribution in [1.29, 1.82) is 0 Å². The molecule has 1 aromatic rings. The van der Waals surface area contributed by atoms with Gasteiger partial charge in [-0.05, 0) is 43.2 Å². The van der Waals surface area contributed by atoms with E-state index in [1.807, 2.05) is 19.1 Å². The van der Waals surface area contributed by atoms with Crippen LogP contribution in [0.15, 0.2) is 18.3 Å². The standard InChI is InChI=1S/C16H26N2O2/c1-12-11-14(8-10-17-12)18-9-7-13(16(2,3)4)5-6-15(19)20/h8,10-11,13H,5-7,9H2,1-4H3,(H,17,18)(H,19,20). The third-order valence-corrected chi connectivity index (χ3v) is 3.65. The average molecular weight is 278 g/mol. The number of carboxylic acids is 1. The van der Waals surface area contributed by atoms with Crippen LogP contribution in [0, 0.1) is 18.3 Å². The minimum absolute atomic E-state index is 0.130. The highest BCUT2D eigenvalue weighted by Gasteiger charge is 2.24. The van der Waals surface area contributed by atoms with Crippen molar-refractivity contribution < 1.29 is 9.90 Å². The van der Waals surface area contributed by atoms with Gasteiger partial charge in [0.1, 0.15) is 0 Å². The van der Waals surface area contributed by atoms with Crippen molar-refractivity contribution in [1.82, 2.24) is 4.98 Å². The summed E-state index contributed by atoms with van der Waals surface area (Å²) >= 11 is 0. The van der Waals surface area contributed by atoms with Gasteiger partial charge in [-0.2, -0.15) is 0 Å². The number of carbonyl (C=O) groups is 1. The molecule has 1 rings (SSSR count). The fourth-order valence-corrected chi connectivity index (χ4v) is 2.35. The Bertz CT molecular complexity index is 438. The summed E-state index contributed by atoms with van der Waals surface area (Å²) in [6.45, 7) is 9.35. The number of nitrogens with one attached hydrogen (secondary N) is 1. The van der Waals surface area contributed by atoms with Gasteiger partial charge in [-0.1, -0.05) is 20.8 Å². The lowest BCUT2D eigenvalue weighted by atomic mass is 9.76. The molecule has 0 spiro atoms. The number of rotatable bonds is 7. The van der Waals surface area contributed by atoms with E-state index in [2.05, 4.69) is 31.1 Å². The Hall–Kier alpha value is -1.58. The summed E-state index contributed by atoms with van der Waals surface area (Å²) in [5.74, 6) is -0.314. The molecule has 0 bridgehead atoms. The smallest absolute Gasteiger partial charge is 0.303 e. The predicted molar refractivity (Wildman–Crippen MR) is 81.9 cm³/mol. The molecule has 2 N–H and O–H groups in total. The van der Waals surface area contributed by atoms with Gasteiger partial charge in [0.2, 0.25) is 0 Å². The van der Waals surface area contributed by atoms with E-state index in [1.165, 1.54) is 0 Å². The average Bonchev–Trinajstić information content (AvgIpc) is 2.31. The third kappa shape index (κ3) is 6.04. The van der Waals surface area contributed by atoms with Crippen LogP contribution in [0.25, 0.3) is 0 Å². The van der Waals surface area contributed by atoms with Gasteiger partial charge in [0.15, 0.2) is 0 Å². The first kappa shape index (κ1) is 16.5. The van der Waals surface area contributed by atoms with Gasteiger partial charge < -0.3 is 10.4 Å². The Kier molecular flexibility index (Phi) is 5.99. The second-order valence-electron chi connectivity index (χ2n) is 6.40. The number of aryl methyl sites for hydroxylation is 1. The maximum atomic E-state index is 10.7. The minimum atomic E-state index is -0.711. The lowest BCUT2D eigenvalue weighted by molar-refractivity contribution is -0.137. The molecule has 112 valence electrons. The normalized spacial score (nSPS) is 13.0. The van der Waals surface area contributed by atoms with Gasteiger partial charge in [-0.3, -0.25) is 9.78 Å². The highest BCUT2D eigenvalue weighted by Crippen LogP contribution is 2.32. The summed E-state index contributed by atoms with van der Waals surface area (Å²) < 4.78 is 0. The molecule has 0 saturated carbocycles. The van der Waals surface area contributed by atoms with Crippen molar-refractivity contribution >= 4 is 11.7 Å². The molecule has 0 saturated heterocycles. The van der Waals surface area contributed by atoms with Gasteiger partial charge in [0.05, 0.1) is 0 Å². The fourth-order valence-electron chi connectivity index (χ4n) is 2.35. The highest BCUT2D eigenvalue weighted by atomic mass is 16.4. The molecule has 0 fully saturated rings. The summed E-state index contributed by atoms with van der Waals surface area (Å²) in [5.41, 5.74) is 2.20. The van der Waals surface area contributed by atoms with Crippen molar-refractivity contribution in [2.45, 2.75) is 47.0 Å². The highest BCUT2D eigenvalue weighted by molar-refractivity contribution is 5.66. The zero-order valence-electron chi connectivity index (χ0n) is 12.9. The van der Waals surface area contributed by atoms with Gasteiger partial charge in [0.25, 0.3) is 0 Å². The summed E-state index contributed by atoms with van der Waals surface area (Å²) in [5, 5.41) is 12.2. The van der Waals surface area contributed by atoms with Crippen molar-refractivity contribution in [2.24, 2.45) is 11.3 Å². The van der Waals surface area contributed by atoms with E-state index in [9.17, 15) is 4.79 Å². The van der Waals surface area contributed by atoms with E-state index in [-0.39, 0.29) is 11.8 Å². The first-order valence-electron chi connectivity index (χ1n) is 7.17. The molecule has 0 aliphatic rings. The van der Waals surface area contributed by atoms with E-state index in [0.29, 0.717) is 5.92 Å². The minimum Gasteiger partial charge on any atom is -0.481 e. The topological polar surface area (TPSA) is 62.2 Å².